The summed E-state index contributed by atoms with van der Waals surface area (Å²) in [6.45, 7) is -1.71. The lowest BCUT2D eigenvalue weighted by Crippen LogP contribution is -2.60. The Kier molecular flexibility index (Phi) is 11.9. The van der Waals surface area contributed by atoms with Gasteiger partial charge >= 0.3 is 11.3 Å². The molecule has 0 spiro atoms. The number of hydrogen-bond acceptors (Lipinski definition) is 21. The summed E-state index contributed by atoms with van der Waals surface area (Å²) in [5.41, 5.74) is -1.10. The quantitative estimate of drug-likeness (QED) is 0.0642. The number of fused-ring (bicyclic) bond motifs is 2. The van der Waals surface area contributed by atoms with Crippen LogP contribution in [0.4, 0.5) is 0 Å². The molecular formula is C42H43O22+. The first-order chi connectivity index (χ1) is 30.4. The second-order valence-corrected chi connectivity index (χ2v) is 15.5. The number of benzene rings is 4. The second kappa shape index (κ2) is 17.1. The molecule has 22 nitrogen and oxygen atoms in total. The molecule has 342 valence electrons. The van der Waals surface area contributed by atoms with Crippen LogP contribution in [0.5, 0.6) is 57.5 Å². The lowest BCUT2D eigenvalue weighted by molar-refractivity contribution is -0.277. The van der Waals surface area contributed by atoms with E-state index >= 15 is 0 Å². The number of phenols is 7. The Morgan fingerprint density at radius 2 is 1.08 bits per heavy atom. The van der Waals surface area contributed by atoms with Crippen LogP contribution in [0.2, 0.25) is 0 Å². The van der Waals surface area contributed by atoms with E-state index in [1.54, 1.807) is 0 Å². The monoisotopic (exact) mass is 899 g/mol. The number of phenolic OH excluding ortho intramolecular Hbond substituents is 7. The van der Waals surface area contributed by atoms with E-state index in [0.717, 1.165) is 48.5 Å². The van der Waals surface area contributed by atoms with E-state index < -0.39 is 156 Å². The van der Waals surface area contributed by atoms with Gasteiger partial charge in [-0.1, -0.05) is 6.07 Å². The molecule has 0 amide bonds. The second-order valence-electron chi connectivity index (χ2n) is 15.5. The van der Waals surface area contributed by atoms with Crippen LogP contribution in [0.3, 0.4) is 0 Å². The minimum Gasteiger partial charge on any atom is -0.508 e. The van der Waals surface area contributed by atoms with Crippen molar-refractivity contribution in [1.29, 1.82) is 0 Å². The summed E-state index contributed by atoms with van der Waals surface area (Å²) in [6, 6.07) is 10.8. The molecule has 0 aliphatic carbocycles. The van der Waals surface area contributed by atoms with Gasteiger partial charge in [-0.05, 0) is 29.8 Å². The molecule has 2 fully saturated rings. The predicted molar refractivity (Wildman–Crippen MR) is 211 cm³/mol. The van der Waals surface area contributed by atoms with Gasteiger partial charge in [0.15, 0.2) is 29.1 Å². The maximum absolute atomic E-state index is 12.3. The molecule has 5 aromatic rings. The van der Waals surface area contributed by atoms with Gasteiger partial charge in [0.2, 0.25) is 18.3 Å². The maximum Gasteiger partial charge on any atom is 0.402 e. The van der Waals surface area contributed by atoms with E-state index in [0.29, 0.717) is 0 Å². The highest BCUT2D eigenvalue weighted by molar-refractivity contribution is 5.93. The van der Waals surface area contributed by atoms with E-state index in [2.05, 4.69) is 0 Å². The van der Waals surface area contributed by atoms with Gasteiger partial charge in [0, 0.05) is 35.9 Å². The molecule has 2 saturated heterocycles. The first-order valence-electron chi connectivity index (χ1n) is 19.5. The summed E-state index contributed by atoms with van der Waals surface area (Å²) in [6.07, 6.45) is -21.6. The normalized spacial score (nSPS) is 30.4. The number of aromatic hydroxyl groups is 7. The van der Waals surface area contributed by atoms with Gasteiger partial charge in [0.05, 0.1) is 24.7 Å². The summed E-state index contributed by atoms with van der Waals surface area (Å²) in [5.74, 6) is -7.56. The topological polar surface area (TPSA) is 381 Å². The Hall–Kier alpha value is -6.15. The zero-order chi connectivity index (χ0) is 46.0. The van der Waals surface area contributed by atoms with Gasteiger partial charge in [-0.2, -0.15) is 0 Å². The molecule has 8 rings (SSSR count). The maximum atomic E-state index is 12.3. The molecule has 1 aromatic heterocycles. The van der Waals surface area contributed by atoms with Gasteiger partial charge in [0.25, 0.3) is 0 Å². The lowest BCUT2D eigenvalue weighted by Gasteiger charge is -2.40. The highest BCUT2D eigenvalue weighted by Crippen LogP contribution is 2.56. The number of rotatable bonds is 9. The third-order valence-corrected chi connectivity index (χ3v) is 11.4. The standard InChI is InChI=1S/C42H42O22/c43-11-26-31(52)34(55)36(57)41(62-26)60-23-10-22(51)29(30-28-21(50)7-15(45)8-24(28)59-39(33(30)54)14-2-4-18(47)20(49)6-14)40-16(23)9-25(38(64-40)13-1-3-17(46)19(48)5-13)61-42-37(58)35(56)32(53)27(12-44)63-42/h1-10,26-27,30-37,39,41-44,52-58H,11-12H2,(H6-,45,46,47,48,49,50,51)/p+1. The van der Waals surface area contributed by atoms with Crippen molar-refractivity contribution in [3.8, 4) is 68.8 Å². The van der Waals surface area contributed by atoms with Crippen LogP contribution in [0.1, 0.15) is 28.7 Å². The average Bonchev–Trinajstić information content (AvgIpc) is 3.26. The van der Waals surface area contributed by atoms with Crippen LogP contribution in [0.15, 0.2) is 65.1 Å². The molecule has 16 N–H and O–H groups in total. The fraction of sp³-hybridized carbons (Fsp3) is 0.357. The molecule has 4 aromatic carbocycles. The summed E-state index contributed by atoms with van der Waals surface area (Å²) in [7, 11) is 0. The Morgan fingerprint density at radius 1 is 0.516 bits per heavy atom. The molecular weight excluding hydrogens is 856 g/mol. The van der Waals surface area contributed by atoms with E-state index in [1.165, 1.54) is 12.1 Å². The first kappa shape index (κ1) is 44.5. The zero-order valence-electron chi connectivity index (χ0n) is 32.8. The molecule has 0 bridgehead atoms. The lowest BCUT2D eigenvalue weighted by atomic mass is 9.78. The van der Waals surface area contributed by atoms with Crippen molar-refractivity contribution in [3.63, 3.8) is 0 Å². The Balaban J connectivity index is 1.40. The van der Waals surface area contributed by atoms with Crippen molar-refractivity contribution in [2.24, 2.45) is 0 Å². The van der Waals surface area contributed by atoms with Gasteiger partial charge in [0.1, 0.15) is 94.6 Å². The minimum absolute atomic E-state index is 0.0556. The van der Waals surface area contributed by atoms with Crippen LogP contribution < -0.4 is 14.2 Å². The highest BCUT2D eigenvalue weighted by Gasteiger charge is 2.50. The molecule has 64 heavy (non-hydrogen) atoms. The van der Waals surface area contributed by atoms with Crippen LogP contribution in [0.25, 0.3) is 22.3 Å². The molecule has 22 heteroatoms. The summed E-state index contributed by atoms with van der Waals surface area (Å²) >= 11 is 0. The van der Waals surface area contributed by atoms with Crippen molar-refractivity contribution in [2.45, 2.75) is 79.5 Å². The molecule has 4 heterocycles. The molecule has 13 unspecified atom stereocenters. The first-order valence-corrected chi connectivity index (χ1v) is 19.5. The van der Waals surface area contributed by atoms with Crippen LogP contribution >= 0.6 is 0 Å². The minimum atomic E-state index is -2.01. The SMILES string of the molecule is OCC1OC(Oc2cc3c(OC4OC(CO)C(O)C(O)C4O)cc(O)c(C4c5c(O)cc(O)cc5OC(c5ccc(O)c(O)c5)C4O)c3[o+]c2-c2ccc(O)c(O)c2)C(O)C(O)C1O. The highest BCUT2D eigenvalue weighted by atomic mass is 16.7. The van der Waals surface area contributed by atoms with Crippen LogP contribution in [0, 0.1) is 0 Å². The van der Waals surface area contributed by atoms with Crippen molar-refractivity contribution in [2.75, 3.05) is 13.2 Å². The molecule has 13 atom stereocenters. The van der Waals surface area contributed by atoms with Crippen molar-refractivity contribution >= 4 is 11.0 Å². The van der Waals surface area contributed by atoms with E-state index in [4.69, 9.17) is 28.1 Å². The number of ether oxygens (including phenoxy) is 5. The summed E-state index contributed by atoms with van der Waals surface area (Å²) in [5, 5.41) is 171. The van der Waals surface area contributed by atoms with Crippen molar-refractivity contribution < 1.29 is 110 Å². The third-order valence-electron chi connectivity index (χ3n) is 11.4. The van der Waals surface area contributed by atoms with Gasteiger partial charge in [-0.25, -0.2) is 4.42 Å². The Bertz CT molecular complexity index is 2550. The van der Waals surface area contributed by atoms with Gasteiger partial charge < -0.3 is 105 Å². The fourth-order valence-corrected chi connectivity index (χ4v) is 8.04. The largest absolute Gasteiger partial charge is 0.508 e. The van der Waals surface area contributed by atoms with E-state index in [-0.39, 0.29) is 33.4 Å². The average molecular weight is 900 g/mol. The van der Waals surface area contributed by atoms with Crippen molar-refractivity contribution in [3.05, 3.63) is 77.4 Å². The van der Waals surface area contributed by atoms with Crippen LogP contribution in [-0.4, -0.2) is 162 Å². The Morgan fingerprint density at radius 3 is 1.66 bits per heavy atom. The zero-order valence-corrected chi connectivity index (χ0v) is 32.8. The van der Waals surface area contributed by atoms with E-state index in [9.17, 15) is 81.7 Å². The smallest absolute Gasteiger partial charge is 0.402 e. The molecule has 0 radical (unpaired) electrons. The summed E-state index contributed by atoms with van der Waals surface area (Å²) in [4.78, 5) is 0. The Labute approximate surface area is 359 Å². The van der Waals surface area contributed by atoms with Gasteiger partial charge in [-0.3, -0.25) is 0 Å². The molecule has 3 aliphatic heterocycles. The predicted octanol–water partition coefficient (Wildman–Crippen LogP) is -0.696. The number of aliphatic hydroxyl groups excluding tert-OH is 9. The van der Waals surface area contributed by atoms with Gasteiger partial charge in [-0.15, -0.1) is 0 Å². The number of aliphatic hydroxyl groups is 9. The van der Waals surface area contributed by atoms with Crippen molar-refractivity contribution in [1.82, 2.24) is 0 Å². The summed E-state index contributed by atoms with van der Waals surface area (Å²) < 4.78 is 35.8. The molecule has 0 saturated carbocycles. The van der Waals surface area contributed by atoms with E-state index in [1.807, 2.05) is 0 Å². The third kappa shape index (κ3) is 7.69. The molecule has 3 aliphatic rings. The fourth-order valence-electron chi connectivity index (χ4n) is 8.04. The number of hydrogen-bond donors (Lipinski definition) is 16. The van der Waals surface area contributed by atoms with Crippen LogP contribution in [-0.2, 0) is 9.47 Å².